The minimum Gasteiger partial charge on any atom is -0.365 e. The van der Waals surface area contributed by atoms with Crippen molar-refractivity contribution in [1.82, 2.24) is 0 Å². The summed E-state index contributed by atoms with van der Waals surface area (Å²) >= 11 is 0. The number of carbonyl (C=O) groups is 1. The lowest BCUT2D eigenvalue weighted by atomic mass is 9.88. The van der Waals surface area contributed by atoms with Gasteiger partial charge in [0.2, 0.25) is 0 Å². The van der Waals surface area contributed by atoms with Crippen LogP contribution in [0.1, 0.15) is 32.1 Å². The number of amides is 1. The molecule has 0 spiro atoms. The monoisotopic (exact) mass is 178 g/mol. The molecule has 0 aliphatic heterocycles. The second-order valence-electron chi connectivity index (χ2n) is 3.45. The molecule has 1 aliphatic carbocycles. The van der Waals surface area contributed by atoms with Crippen LogP contribution in [0.2, 0.25) is 0 Å². The second-order valence-corrected chi connectivity index (χ2v) is 3.45. The molecular formula is C10H14N2O. The molecule has 2 N–H and O–H groups in total. The number of rotatable bonds is 2. The average Bonchev–Trinajstić information content (AvgIpc) is 2.15. The third kappa shape index (κ3) is 2.90. The van der Waals surface area contributed by atoms with Gasteiger partial charge in [0, 0.05) is 0 Å². The molecule has 1 aliphatic rings. The van der Waals surface area contributed by atoms with Gasteiger partial charge in [0.15, 0.2) is 0 Å². The van der Waals surface area contributed by atoms with E-state index >= 15 is 0 Å². The Hall–Kier alpha value is -1.30. The summed E-state index contributed by atoms with van der Waals surface area (Å²) in [5.41, 5.74) is 5.15. The number of allylic oxidation sites excluding steroid dienone is 1. The van der Waals surface area contributed by atoms with Gasteiger partial charge >= 0.3 is 0 Å². The van der Waals surface area contributed by atoms with Crippen LogP contribution >= 0.6 is 0 Å². The van der Waals surface area contributed by atoms with E-state index in [0.717, 1.165) is 12.8 Å². The normalized spacial score (nSPS) is 19.5. The molecule has 3 nitrogen and oxygen atoms in total. The first kappa shape index (κ1) is 9.79. The number of carbonyl (C=O) groups excluding carboxylic acids is 1. The Labute approximate surface area is 78.2 Å². The van der Waals surface area contributed by atoms with Crippen molar-refractivity contribution in [2.45, 2.75) is 32.1 Å². The van der Waals surface area contributed by atoms with Gasteiger partial charge in [-0.1, -0.05) is 25.3 Å². The van der Waals surface area contributed by atoms with Crippen LogP contribution in [-0.2, 0) is 4.79 Å². The SMILES string of the molecule is N#C/C(=C\C1CCCCC1)C(N)=O. The van der Waals surface area contributed by atoms with E-state index in [1.165, 1.54) is 19.3 Å². The van der Waals surface area contributed by atoms with Crippen molar-refractivity contribution in [3.05, 3.63) is 11.6 Å². The lowest BCUT2D eigenvalue weighted by Gasteiger charge is -2.17. The average molecular weight is 178 g/mol. The summed E-state index contributed by atoms with van der Waals surface area (Å²) in [5, 5.41) is 8.61. The Morgan fingerprint density at radius 2 is 2.00 bits per heavy atom. The maximum absolute atomic E-state index is 10.7. The van der Waals surface area contributed by atoms with Crippen molar-refractivity contribution < 1.29 is 4.79 Å². The van der Waals surface area contributed by atoms with Gasteiger partial charge in [-0.15, -0.1) is 0 Å². The lowest BCUT2D eigenvalue weighted by molar-refractivity contribution is -0.114. The van der Waals surface area contributed by atoms with E-state index in [-0.39, 0.29) is 5.57 Å². The van der Waals surface area contributed by atoms with E-state index in [9.17, 15) is 4.79 Å². The first-order valence-electron chi connectivity index (χ1n) is 4.65. The third-order valence-electron chi connectivity index (χ3n) is 2.44. The highest BCUT2D eigenvalue weighted by Gasteiger charge is 2.13. The summed E-state index contributed by atoms with van der Waals surface area (Å²) in [6.45, 7) is 0. The fraction of sp³-hybridized carbons (Fsp3) is 0.600. The predicted octanol–water partition coefficient (Wildman–Crippen LogP) is 1.50. The fourth-order valence-electron chi connectivity index (χ4n) is 1.71. The summed E-state index contributed by atoms with van der Waals surface area (Å²) < 4.78 is 0. The van der Waals surface area contributed by atoms with E-state index in [4.69, 9.17) is 11.0 Å². The van der Waals surface area contributed by atoms with Crippen LogP contribution in [0.3, 0.4) is 0 Å². The largest absolute Gasteiger partial charge is 0.365 e. The number of primary amides is 1. The molecule has 0 atom stereocenters. The van der Waals surface area contributed by atoms with Gasteiger partial charge < -0.3 is 5.73 Å². The van der Waals surface area contributed by atoms with Crippen LogP contribution in [-0.4, -0.2) is 5.91 Å². The lowest BCUT2D eigenvalue weighted by Crippen LogP contribution is -2.14. The van der Waals surface area contributed by atoms with E-state index in [2.05, 4.69) is 0 Å². The molecule has 1 fully saturated rings. The van der Waals surface area contributed by atoms with Crippen LogP contribution in [0, 0.1) is 17.2 Å². The maximum Gasteiger partial charge on any atom is 0.259 e. The van der Waals surface area contributed by atoms with Crippen LogP contribution in [0.25, 0.3) is 0 Å². The molecule has 0 radical (unpaired) electrons. The second kappa shape index (κ2) is 4.66. The summed E-state index contributed by atoms with van der Waals surface area (Å²) in [6, 6.07) is 1.84. The molecule has 0 aromatic rings. The Kier molecular flexibility index (Phi) is 3.51. The molecule has 0 aromatic heterocycles. The number of nitrogens with two attached hydrogens (primary N) is 1. The molecule has 70 valence electrons. The van der Waals surface area contributed by atoms with Gasteiger partial charge in [-0.05, 0) is 18.8 Å². The molecule has 0 unspecified atom stereocenters. The van der Waals surface area contributed by atoms with Gasteiger partial charge in [0.05, 0.1) is 0 Å². The molecule has 1 saturated carbocycles. The fourth-order valence-corrected chi connectivity index (χ4v) is 1.71. The molecule has 0 heterocycles. The van der Waals surface area contributed by atoms with Crippen molar-refractivity contribution in [1.29, 1.82) is 5.26 Å². The van der Waals surface area contributed by atoms with Crippen LogP contribution in [0.5, 0.6) is 0 Å². The van der Waals surface area contributed by atoms with Crippen molar-refractivity contribution in [2.75, 3.05) is 0 Å². The third-order valence-corrected chi connectivity index (χ3v) is 2.44. The van der Waals surface area contributed by atoms with Crippen molar-refractivity contribution in [2.24, 2.45) is 11.7 Å². The number of hydrogen-bond donors (Lipinski definition) is 1. The molecular weight excluding hydrogens is 164 g/mol. The quantitative estimate of drug-likeness (QED) is 0.514. The molecule has 1 amide bonds. The van der Waals surface area contributed by atoms with Gasteiger partial charge in [0.25, 0.3) is 5.91 Å². The number of nitriles is 1. The molecule has 0 aromatic carbocycles. The van der Waals surface area contributed by atoms with Crippen molar-refractivity contribution >= 4 is 5.91 Å². The van der Waals surface area contributed by atoms with E-state index in [1.54, 1.807) is 6.08 Å². The van der Waals surface area contributed by atoms with Crippen molar-refractivity contribution in [3.8, 4) is 6.07 Å². The van der Waals surface area contributed by atoms with Crippen LogP contribution in [0.15, 0.2) is 11.6 Å². The predicted molar refractivity (Wildman–Crippen MR) is 49.5 cm³/mol. The highest BCUT2D eigenvalue weighted by molar-refractivity contribution is 5.95. The Bertz CT molecular complexity index is 257. The Morgan fingerprint density at radius 1 is 1.38 bits per heavy atom. The smallest absolute Gasteiger partial charge is 0.259 e. The minimum atomic E-state index is -0.604. The maximum atomic E-state index is 10.7. The molecule has 1 rings (SSSR count). The zero-order valence-electron chi connectivity index (χ0n) is 7.62. The molecule has 3 heteroatoms. The van der Waals surface area contributed by atoms with Gasteiger partial charge in [-0.3, -0.25) is 4.79 Å². The minimum absolute atomic E-state index is 0.118. The topological polar surface area (TPSA) is 66.9 Å². The summed E-state index contributed by atoms with van der Waals surface area (Å²) in [7, 11) is 0. The van der Waals surface area contributed by atoms with Crippen LogP contribution in [0.4, 0.5) is 0 Å². The van der Waals surface area contributed by atoms with Gasteiger partial charge in [0.1, 0.15) is 11.6 Å². The van der Waals surface area contributed by atoms with E-state index in [1.807, 2.05) is 6.07 Å². The standard InChI is InChI=1S/C10H14N2O/c11-7-9(10(12)13)6-8-4-2-1-3-5-8/h6,8H,1-5H2,(H2,12,13)/b9-6+. The first-order chi connectivity index (χ1) is 6.24. The van der Waals surface area contributed by atoms with Gasteiger partial charge in [-0.2, -0.15) is 5.26 Å². The van der Waals surface area contributed by atoms with Crippen LogP contribution < -0.4 is 5.73 Å². The summed E-state index contributed by atoms with van der Waals surface area (Å²) in [5.74, 6) is -0.219. The number of hydrogen-bond acceptors (Lipinski definition) is 2. The first-order valence-corrected chi connectivity index (χ1v) is 4.65. The zero-order chi connectivity index (χ0) is 9.68. The molecule has 13 heavy (non-hydrogen) atoms. The zero-order valence-corrected chi connectivity index (χ0v) is 7.62. The highest BCUT2D eigenvalue weighted by atomic mass is 16.1. The summed E-state index contributed by atoms with van der Waals surface area (Å²) in [4.78, 5) is 10.7. The molecule has 0 saturated heterocycles. The molecule has 0 bridgehead atoms. The summed E-state index contributed by atoms with van der Waals surface area (Å²) in [6.07, 6.45) is 7.55. The Balaban J connectivity index is 2.61. The van der Waals surface area contributed by atoms with Crippen molar-refractivity contribution in [3.63, 3.8) is 0 Å². The van der Waals surface area contributed by atoms with Gasteiger partial charge in [-0.25, -0.2) is 0 Å². The Morgan fingerprint density at radius 3 is 2.46 bits per heavy atom. The number of nitrogens with zero attached hydrogens (tertiary/aromatic N) is 1. The van der Waals surface area contributed by atoms with E-state index < -0.39 is 5.91 Å². The highest BCUT2D eigenvalue weighted by Crippen LogP contribution is 2.25. The van der Waals surface area contributed by atoms with E-state index in [0.29, 0.717) is 5.92 Å².